The van der Waals surface area contributed by atoms with Gasteiger partial charge in [0, 0.05) is 6.08 Å². The van der Waals surface area contributed by atoms with Crippen LogP contribution in [0.2, 0.25) is 10.0 Å². The zero-order valence-corrected chi connectivity index (χ0v) is 15.1. The molecule has 136 valence electrons. The molecule has 8 heteroatoms. The minimum Gasteiger partial charge on any atom is -0.478 e. The Kier molecular flexibility index (Phi) is 7.00. The molecule has 0 saturated heterocycles. The average Bonchev–Trinajstić information content (AvgIpc) is 2.62. The SMILES string of the molecule is C[C@@H](Oc1ccccc1F)C(=O)NNC(=O)/C=C/c1cccc(Cl)c1Cl. The van der Waals surface area contributed by atoms with Crippen LogP contribution in [0.5, 0.6) is 5.75 Å². The quantitative estimate of drug-likeness (QED) is 0.597. The van der Waals surface area contributed by atoms with E-state index in [-0.39, 0.29) is 5.75 Å². The first-order valence-corrected chi connectivity index (χ1v) is 8.27. The monoisotopic (exact) mass is 396 g/mol. The fourth-order valence-corrected chi connectivity index (χ4v) is 2.24. The second-order valence-corrected chi connectivity index (χ2v) is 5.93. The molecule has 0 radical (unpaired) electrons. The number of ether oxygens (including phenoxy) is 1. The molecule has 2 amide bonds. The highest BCUT2D eigenvalue weighted by Crippen LogP contribution is 2.26. The van der Waals surface area contributed by atoms with Crippen molar-refractivity contribution in [1.29, 1.82) is 0 Å². The van der Waals surface area contributed by atoms with Crippen molar-refractivity contribution in [2.24, 2.45) is 0 Å². The molecule has 0 unspecified atom stereocenters. The highest BCUT2D eigenvalue weighted by Gasteiger charge is 2.16. The molecule has 0 heterocycles. The van der Waals surface area contributed by atoms with Crippen LogP contribution >= 0.6 is 23.2 Å². The minimum atomic E-state index is -1.02. The number of para-hydroxylation sites is 1. The minimum absolute atomic E-state index is 0.0584. The smallest absolute Gasteiger partial charge is 0.279 e. The second-order valence-electron chi connectivity index (χ2n) is 5.15. The number of benzene rings is 2. The fraction of sp³-hybridized carbons (Fsp3) is 0.111. The van der Waals surface area contributed by atoms with E-state index in [2.05, 4.69) is 10.9 Å². The summed E-state index contributed by atoms with van der Waals surface area (Å²) in [5, 5.41) is 0.677. The maximum atomic E-state index is 13.5. The third-order valence-corrected chi connectivity index (χ3v) is 4.05. The highest BCUT2D eigenvalue weighted by atomic mass is 35.5. The summed E-state index contributed by atoms with van der Waals surface area (Å²) in [5.41, 5.74) is 4.93. The molecule has 2 aromatic carbocycles. The van der Waals surface area contributed by atoms with E-state index < -0.39 is 23.7 Å². The van der Waals surface area contributed by atoms with E-state index >= 15 is 0 Å². The fourth-order valence-electron chi connectivity index (χ4n) is 1.87. The number of carbonyl (C=O) groups is 2. The lowest BCUT2D eigenvalue weighted by Gasteiger charge is -2.15. The van der Waals surface area contributed by atoms with Gasteiger partial charge in [-0.15, -0.1) is 0 Å². The Labute approximate surface area is 159 Å². The topological polar surface area (TPSA) is 67.4 Å². The highest BCUT2D eigenvalue weighted by molar-refractivity contribution is 6.42. The first kappa shape index (κ1) is 19.8. The Balaban J connectivity index is 1.86. The lowest BCUT2D eigenvalue weighted by Crippen LogP contribution is -2.46. The number of rotatable bonds is 5. The molecule has 0 spiro atoms. The van der Waals surface area contributed by atoms with Crippen molar-refractivity contribution in [3.05, 3.63) is 70.0 Å². The van der Waals surface area contributed by atoms with Crippen LogP contribution in [0.1, 0.15) is 12.5 Å². The molecule has 5 nitrogen and oxygen atoms in total. The Bertz CT molecular complexity index is 843. The lowest BCUT2D eigenvalue weighted by atomic mass is 10.2. The van der Waals surface area contributed by atoms with Crippen LogP contribution < -0.4 is 15.6 Å². The van der Waals surface area contributed by atoms with Crippen LogP contribution in [-0.2, 0) is 9.59 Å². The van der Waals surface area contributed by atoms with E-state index in [1.807, 2.05) is 0 Å². The first-order chi connectivity index (χ1) is 12.4. The number of hydrogen-bond donors (Lipinski definition) is 2. The standard InChI is InChI=1S/C18H15Cl2FN2O3/c1-11(26-15-8-3-2-7-14(15)21)18(25)23-22-16(24)10-9-12-5-4-6-13(19)17(12)20/h2-11H,1H3,(H,22,24)(H,23,25)/b10-9+/t11-/m1/s1. The van der Waals surface area contributed by atoms with Crippen LogP contribution in [0, 0.1) is 5.82 Å². The molecule has 0 fully saturated rings. The number of hydrazine groups is 1. The third-order valence-electron chi connectivity index (χ3n) is 3.21. The predicted octanol–water partition coefficient (Wildman–Crippen LogP) is 3.76. The number of hydrogen-bond acceptors (Lipinski definition) is 3. The Hall–Kier alpha value is -2.57. The van der Waals surface area contributed by atoms with E-state index in [0.29, 0.717) is 15.6 Å². The van der Waals surface area contributed by atoms with Crippen molar-refractivity contribution < 1.29 is 18.7 Å². The molecule has 0 aliphatic heterocycles. The number of halogens is 3. The summed E-state index contributed by atoms with van der Waals surface area (Å²) < 4.78 is 18.7. The molecule has 0 saturated carbocycles. The summed E-state index contributed by atoms with van der Waals surface area (Å²) in [5.74, 6) is -1.88. The molecular weight excluding hydrogens is 382 g/mol. The van der Waals surface area contributed by atoms with Gasteiger partial charge in [0.05, 0.1) is 10.0 Å². The molecule has 26 heavy (non-hydrogen) atoms. The van der Waals surface area contributed by atoms with Crippen LogP contribution in [-0.4, -0.2) is 17.9 Å². The molecule has 0 aliphatic rings. The van der Waals surface area contributed by atoms with Gasteiger partial charge in [-0.05, 0) is 36.8 Å². The summed E-state index contributed by atoms with van der Waals surface area (Å²) in [4.78, 5) is 23.7. The zero-order chi connectivity index (χ0) is 19.1. The van der Waals surface area contributed by atoms with Gasteiger partial charge in [-0.25, -0.2) is 4.39 Å². The summed E-state index contributed by atoms with van der Waals surface area (Å²) in [7, 11) is 0. The number of nitrogens with one attached hydrogen (secondary N) is 2. The summed E-state index contributed by atoms with van der Waals surface area (Å²) >= 11 is 11.9. The maximum absolute atomic E-state index is 13.5. The first-order valence-electron chi connectivity index (χ1n) is 7.51. The zero-order valence-electron chi connectivity index (χ0n) is 13.6. The van der Waals surface area contributed by atoms with E-state index in [9.17, 15) is 14.0 Å². The molecule has 2 rings (SSSR count). The summed E-state index contributed by atoms with van der Waals surface area (Å²) in [6, 6.07) is 10.7. The van der Waals surface area contributed by atoms with Gasteiger partial charge < -0.3 is 4.74 Å². The third kappa shape index (κ3) is 5.47. The van der Waals surface area contributed by atoms with Gasteiger partial charge in [0.15, 0.2) is 17.7 Å². The summed E-state index contributed by atoms with van der Waals surface area (Å²) in [6.45, 7) is 1.43. The van der Waals surface area contributed by atoms with Crippen molar-refractivity contribution in [3.63, 3.8) is 0 Å². The molecule has 0 aliphatic carbocycles. The molecule has 0 aromatic heterocycles. The molecule has 1 atom stereocenters. The van der Waals surface area contributed by atoms with Gasteiger partial charge in [-0.2, -0.15) is 0 Å². The van der Waals surface area contributed by atoms with Gasteiger partial charge in [0.25, 0.3) is 11.8 Å². The van der Waals surface area contributed by atoms with Gasteiger partial charge in [-0.3, -0.25) is 20.4 Å². The Morgan fingerprint density at radius 3 is 2.58 bits per heavy atom. The van der Waals surface area contributed by atoms with E-state index in [0.717, 1.165) is 0 Å². The van der Waals surface area contributed by atoms with E-state index in [1.165, 1.54) is 37.3 Å². The van der Waals surface area contributed by atoms with Crippen LogP contribution in [0.4, 0.5) is 4.39 Å². The van der Waals surface area contributed by atoms with Gasteiger partial charge in [0.2, 0.25) is 0 Å². The Morgan fingerprint density at radius 1 is 1.12 bits per heavy atom. The largest absolute Gasteiger partial charge is 0.478 e. The van der Waals surface area contributed by atoms with Gasteiger partial charge >= 0.3 is 0 Å². The Morgan fingerprint density at radius 2 is 1.85 bits per heavy atom. The number of carbonyl (C=O) groups excluding carboxylic acids is 2. The van der Waals surface area contributed by atoms with E-state index in [1.54, 1.807) is 24.3 Å². The van der Waals surface area contributed by atoms with Gasteiger partial charge in [0.1, 0.15) is 0 Å². The molecule has 2 aromatic rings. The molecule has 0 bridgehead atoms. The van der Waals surface area contributed by atoms with Crippen molar-refractivity contribution in [2.45, 2.75) is 13.0 Å². The molecule has 2 N–H and O–H groups in total. The second kappa shape index (κ2) is 9.22. The maximum Gasteiger partial charge on any atom is 0.279 e. The van der Waals surface area contributed by atoms with E-state index in [4.69, 9.17) is 27.9 Å². The number of amides is 2. The van der Waals surface area contributed by atoms with Crippen molar-refractivity contribution in [2.75, 3.05) is 0 Å². The van der Waals surface area contributed by atoms with Gasteiger partial charge in [-0.1, -0.05) is 47.5 Å². The van der Waals surface area contributed by atoms with Crippen molar-refractivity contribution >= 4 is 41.1 Å². The molecular formula is C18H15Cl2FN2O3. The van der Waals surface area contributed by atoms with Crippen LogP contribution in [0.25, 0.3) is 6.08 Å². The normalized spacial score (nSPS) is 11.8. The van der Waals surface area contributed by atoms with Crippen LogP contribution in [0.15, 0.2) is 48.5 Å². The van der Waals surface area contributed by atoms with Crippen LogP contribution in [0.3, 0.4) is 0 Å². The predicted molar refractivity (Wildman–Crippen MR) is 98.3 cm³/mol. The average molecular weight is 397 g/mol. The van der Waals surface area contributed by atoms with Crippen molar-refractivity contribution in [3.8, 4) is 5.75 Å². The van der Waals surface area contributed by atoms with Crippen molar-refractivity contribution in [1.82, 2.24) is 10.9 Å². The summed E-state index contributed by atoms with van der Waals surface area (Å²) in [6.07, 6.45) is 1.62. The lowest BCUT2D eigenvalue weighted by molar-refractivity contribution is -0.131.